The molecule has 2 aliphatic rings. The minimum absolute atomic E-state index is 0.270. The van der Waals surface area contributed by atoms with Crippen LogP contribution >= 0.6 is 0 Å². The molecule has 0 radical (unpaired) electrons. The highest BCUT2D eigenvalue weighted by Crippen LogP contribution is 2.45. The Hall–Kier alpha value is -2.49. The lowest BCUT2D eigenvalue weighted by Crippen LogP contribution is -2.50. The minimum atomic E-state index is -0.968. The van der Waals surface area contributed by atoms with E-state index in [4.69, 9.17) is 6.42 Å². The molecule has 0 aliphatic carbocycles. The zero-order chi connectivity index (χ0) is 16.0. The quantitative estimate of drug-likeness (QED) is 0.823. The van der Waals surface area contributed by atoms with Crippen LogP contribution in [0.5, 0.6) is 0 Å². The number of nitriles is 1. The fourth-order valence-corrected chi connectivity index (χ4v) is 4.34. The Labute approximate surface area is 136 Å². The van der Waals surface area contributed by atoms with E-state index in [0.29, 0.717) is 18.4 Å². The largest absolute Gasteiger partial charge is 0.377 e. The molecular weight excluding hydrogens is 284 g/mol. The molecule has 0 saturated carbocycles. The molecule has 4 rings (SSSR count). The molecule has 2 aromatic rings. The summed E-state index contributed by atoms with van der Waals surface area (Å²) < 4.78 is 0. The van der Waals surface area contributed by atoms with Gasteiger partial charge in [0, 0.05) is 41.4 Å². The Morgan fingerprint density at radius 3 is 2.35 bits per heavy atom. The molecular formula is C20H18N2O. The zero-order valence-electron chi connectivity index (χ0n) is 12.9. The average molecular weight is 302 g/mol. The maximum absolute atomic E-state index is 10.5. The Morgan fingerprint density at radius 2 is 1.74 bits per heavy atom. The van der Waals surface area contributed by atoms with Crippen LogP contribution in [-0.2, 0) is 0 Å². The first-order valence-electron chi connectivity index (χ1n) is 8.05. The van der Waals surface area contributed by atoms with Gasteiger partial charge < -0.3 is 10.0 Å². The van der Waals surface area contributed by atoms with Gasteiger partial charge >= 0.3 is 0 Å². The first-order valence-corrected chi connectivity index (χ1v) is 8.05. The van der Waals surface area contributed by atoms with Gasteiger partial charge in [-0.25, -0.2) is 0 Å². The molecule has 3 nitrogen and oxygen atoms in total. The third-order valence-corrected chi connectivity index (χ3v) is 5.33. The number of fused-ring (bicyclic) bond motifs is 3. The molecule has 2 aromatic carbocycles. The highest BCUT2D eigenvalue weighted by Gasteiger charge is 2.47. The van der Waals surface area contributed by atoms with E-state index in [1.807, 2.05) is 30.3 Å². The molecule has 0 amide bonds. The molecule has 23 heavy (non-hydrogen) atoms. The van der Waals surface area contributed by atoms with Crippen LogP contribution in [0.4, 0.5) is 5.69 Å². The number of terminal acetylenes is 1. The van der Waals surface area contributed by atoms with E-state index in [1.54, 1.807) is 0 Å². The normalized spacial score (nSPS) is 29.3. The molecule has 0 aromatic heterocycles. The van der Waals surface area contributed by atoms with Crippen molar-refractivity contribution < 1.29 is 5.11 Å². The summed E-state index contributed by atoms with van der Waals surface area (Å²) in [7, 11) is 0. The second-order valence-electron chi connectivity index (χ2n) is 6.67. The smallest absolute Gasteiger partial charge is 0.129 e. The second-order valence-corrected chi connectivity index (χ2v) is 6.67. The molecule has 1 N–H and O–H groups in total. The third-order valence-electron chi connectivity index (χ3n) is 5.33. The van der Waals surface area contributed by atoms with Gasteiger partial charge in [0.05, 0.1) is 11.6 Å². The van der Waals surface area contributed by atoms with Crippen molar-refractivity contribution in [2.75, 3.05) is 4.90 Å². The summed E-state index contributed by atoms with van der Waals surface area (Å²) in [5, 5.41) is 21.9. The van der Waals surface area contributed by atoms with Crippen molar-refractivity contribution in [3.63, 3.8) is 0 Å². The molecule has 2 bridgehead atoms. The number of piperidine rings is 1. The topological polar surface area (TPSA) is 47.3 Å². The molecule has 2 heterocycles. The molecule has 2 fully saturated rings. The number of rotatable bonds is 1. The SMILES string of the molecule is C#CC1(O)C[C@H]2CC[C@@H](C1)N2c1ccc(C#N)c2ccccc12. The molecule has 0 spiro atoms. The molecule has 114 valence electrons. The highest BCUT2D eigenvalue weighted by atomic mass is 16.3. The number of benzene rings is 2. The van der Waals surface area contributed by atoms with Crippen LogP contribution in [0.15, 0.2) is 36.4 Å². The van der Waals surface area contributed by atoms with Gasteiger partial charge in [-0.1, -0.05) is 30.2 Å². The van der Waals surface area contributed by atoms with Gasteiger partial charge in [-0.3, -0.25) is 0 Å². The molecule has 2 aliphatic heterocycles. The van der Waals surface area contributed by atoms with Crippen LogP contribution in [0.2, 0.25) is 0 Å². The van der Waals surface area contributed by atoms with E-state index in [1.165, 1.54) is 0 Å². The van der Waals surface area contributed by atoms with Gasteiger partial charge in [-0.05, 0) is 25.0 Å². The van der Waals surface area contributed by atoms with Gasteiger partial charge in [0.1, 0.15) is 5.60 Å². The van der Waals surface area contributed by atoms with Crippen molar-refractivity contribution >= 4 is 16.5 Å². The summed E-state index contributed by atoms with van der Waals surface area (Å²) in [6.07, 6.45) is 8.90. The van der Waals surface area contributed by atoms with Gasteiger partial charge in [0.2, 0.25) is 0 Å². The summed E-state index contributed by atoms with van der Waals surface area (Å²) >= 11 is 0. The van der Waals surface area contributed by atoms with Gasteiger partial charge in [-0.15, -0.1) is 6.42 Å². The van der Waals surface area contributed by atoms with Crippen molar-refractivity contribution in [2.24, 2.45) is 0 Å². The number of anilines is 1. The lowest BCUT2D eigenvalue weighted by atomic mass is 9.86. The summed E-state index contributed by atoms with van der Waals surface area (Å²) in [5.74, 6) is 2.59. The molecule has 2 saturated heterocycles. The standard InChI is InChI=1S/C20H18N2O/c1-2-20(23)11-15-8-9-16(12-20)22(15)19-10-7-14(13-21)17-5-3-4-6-18(17)19/h1,3-7,10,15-16,23H,8-9,11-12H2/t15-,16+,20?. The summed E-state index contributed by atoms with van der Waals surface area (Å²) in [4.78, 5) is 2.43. The lowest BCUT2D eigenvalue weighted by molar-refractivity contribution is 0.0582. The number of aliphatic hydroxyl groups is 1. The maximum Gasteiger partial charge on any atom is 0.129 e. The number of nitrogens with zero attached hydrogens (tertiary/aromatic N) is 2. The van der Waals surface area contributed by atoms with Gasteiger partial charge in [0.15, 0.2) is 0 Å². The number of hydrogen-bond acceptors (Lipinski definition) is 3. The van der Waals surface area contributed by atoms with E-state index in [0.717, 1.165) is 29.3 Å². The van der Waals surface area contributed by atoms with Gasteiger partial charge in [-0.2, -0.15) is 5.26 Å². The number of hydrogen-bond donors (Lipinski definition) is 1. The Morgan fingerprint density at radius 1 is 1.09 bits per heavy atom. The first kappa shape index (κ1) is 14.1. The van der Waals surface area contributed by atoms with Crippen molar-refractivity contribution in [3.05, 3.63) is 42.0 Å². The van der Waals surface area contributed by atoms with E-state index < -0.39 is 5.60 Å². The molecule has 1 unspecified atom stereocenters. The van der Waals surface area contributed by atoms with Crippen LogP contribution in [0.25, 0.3) is 10.8 Å². The lowest BCUT2D eigenvalue weighted by Gasteiger charge is -2.43. The predicted octanol–water partition coefficient (Wildman–Crippen LogP) is 3.21. The van der Waals surface area contributed by atoms with Crippen LogP contribution < -0.4 is 4.90 Å². The third kappa shape index (κ3) is 2.09. The van der Waals surface area contributed by atoms with E-state index in [-0.39, 0.29) is 12.1 Å². The predicted molar refractivity (Wildman–Crippen MR) is 91.0 cm³/mol. The van der Waals surface area contributed by atoms with E-state index in [9.17, 15) is 10.4 Å². The van der Waals surface area contributed by atoms with Crippen LogP contribution in [0.3, 0.4) is 0 Å². The Balaban J connectivity index is 1.83. The Bertz CT molecular complexity index is 844. The maximum atomic E-state index is 10.5. The van der Waals surface area contributed by atoms with Crippen LogP contribution in [0, 0.1) is 23.7 Å². The summed E-state index contributed by atoms with van der Waals surface area (Å²) in [6.45, 7) is 0. The fourth-order valence-electron chi connectivity index (χ4n) is 4.34. The Kier molecular flexibility index (Phi) is 3.08. The fraction of sp³-hybridized carbons (Fsp3) is 0.350. The van der Waals surface area contributed by atoms with Crippen molar-refractivity contribution in [1.29, 1.82) is 5.26 Å². The zero-order valence-corrected chi connectivity index (χ0v) is 12.9. The second kappa shape index (κ2) is 5.01. The molecule has 3 heteroatoms. The van der Waals surface area contributed by atoms with Crippen molar-refractivity contribution in [1.82, 2.24) is 0 Å². The van der Waals surface area contributed by atoms with E-state index >= 15 is 0 Å². The van der Waals surface area contributed by atoms with Crippen molar-refractivity contribution in [3.8, 4) is 18.4 Å². The monoisotopic (exact) mass is 302 g/mol. The average Bonchev–Trinajstić information content (AvgIpc) is 2.86. The summed E-state index contributed by atoms with van der Waals surface area (Å²) in [5.41, 5.74) is 0.894. The first-order chi connectivity index (χ1) is 11.1. The van der Waals surface area contributed by atoms with Crippen LogP contribution in [0.1, 0.15) is 31.2 Å². The summed E-state index contributed by atoms with van der Waals surface area (Å²) in [6, 6.07) is 14.8. The minimum Gasteiger partial charge on any atom is -0.377 e. The van der Waals surface area contributed by atoms with Crippen LogP contribution in [-0.4, -0.2) is 22.8 Å². The molecule has 3 atom stereocenters. The van der Waals surface area contributed by atoms with E-state index in [2.05, 4.69) is 23.0 Å². The highest BCUT2D eigenvalue weighted by molar-refractivity contribution is 5.98. The van der Waals surface area contributed by atoms with Crippen molar-refractivity contribution in [2.45, 2.75) is 43.4 Å². The van der Waals surface area contributed by atoms with Gasteiger partial charge in [0.25, 0.3) is 0 Å².